The van der Waals surface area contributed by atoms with Crippen molar-refractivity contribution in [1.82, 2.24) is 15.5 Å². The fraction of sp³-hybridized carbons (Fsp3) is 0.600. The molecule has 2 rings (SSSR count). The zero-order valence-electron chi connectivity index (χ0n) is 16.2. The molecule has 1 aliphatic heterocycles. The summed E-state index contributed by atoms with van der Waals surface area (Å²) in [7, 11) is 0. The second-order valence-corrected chi connectivity index (χ2v) is 8.57. The molecule has 5 nitrogen and oxygen atoms in total. The van der Waals surface area contributed by atoms with Crippen LogP contribution >= 0.6 is 11.6 Å². The Morgan fingerprint density at radius 2 is 1.88 bits per heavy atom. The van der Waals surface area contributed by atoms with Crippen molar-refractivity contribution in [3.8, 4) is 0 Å². The molecule has 6 heteroatoms. The highest BCUT2D eigenvalue weighted by Gasteiger charge is 2.26. The molecule has 0 aromatic heterocycles. The lowest BCUT2D eigenvalue weighted by atomic mass is 9.95. The highest BCUT2D eigenvalue weighted by atomic mass is 35.5. The second kappa shape index (κ2) is 8.87. The Morgan fingerprint density at radius 1 is 1.23 bits per heavy atom. The molecular formula is C20H30ClN3O2. The van der Waals surface area contributed by atoms with E-state index in [0.717, 1.165) is 37.1 Å². The molecule has 1 aromatic carbocycles. The molecular weight excluding hydrogens is 350 g/mol. The normalized spacial score (nSPS) is 16.3. The van der Waals surface area contributed by atoms with Gasteiger partial charge in [-0.15, -0.1) is 0 Å². The number of halogens is 1. The number of aryl methyl sites for hydroxylation is 1. The van der Waals surface area contributed by atoms with Crippen molar-refractivity contribution in [2.45, 2.75) is 52.6 Å². The molecule has 2 amide bonds. The van der Waals surface area contributed by atoms with E-state index in [1.54, 1.807) is 0 Å². The maximum atomic E-state index is 12.4. The lowest BCUT2D eigenvalue weighted by Gasteiger charge is -2.31. The van der Waals surface area contributed by atoms with Gasteiger partial charge in [-0.1, -0.05) is 23.7 Å². The highest BCUT2D eigenvalue weighted by molar-refractivity contribution is 6.31. The first kappa shape index (κ1) is 20.7. The summed E-state index contributed by atoms with van der Waals surface area (Å²) >= 11 is 6.22. The first-order valence-corrected chi connectivity index (χ1v) is 9.58. The van der Waals surface area contributed by atoms with Crippen molar-refractivity contribution in [1.29, 1.82) is 0 Å². The third kappa shape index (κ3) is 6.61. The Hall–Kier alpha value is -1.59. The van der Waals surface area contributed by atoms with Gasteiger partial charge < -0.3 is 10.6 Å². The minimum absolute atomic E-state index is 0.00107. The van der Waals surface area contributed by atoms with E-state index in [2.05, 4.69) is 15.5 Å². The van der Waals surface area contributed by atoms with E-state index in [1.807, 2.05) is 45.9 Å². The van der Waals surface area contributed by atoms with E-state index in [9.17, 15) is 9.59 Å². The lowest BCUT2D eigenvalue weighted by Crippen LogP contribution is -2.48. The third-order valence-corrected chi connectivity index (χ3v) is 4.85. The van der Waals surface area contributed by atoms with Crippen molar-refractivity contribution in [2.24, 2.45) is 5.92 Å². The maximum absolute atomic E-state index is 12.4. The number of carbonyl (C=O) groups is 2. The van der Waals surface area contributed by atoms with Crippen LogP contribution < -0.4 is 10.6 Å². The van der Waals surface area contributed by atoms with Crippen LogP contribution in [0, 0.1) is 12.8 Å². The Kier molecular flexibility index (Phi) is 7.07. The van der Waals surface area contributed by atoms with Crippen LogP contribution in [-0.4, -0.2) is 41.9 Å². The van der Waals surface area contributed by atoms with Gasteiger partial charge in [0, 0.05) is 23.0 Å². The van der Waals surface area contributed by atoms with E-state index in [-0.39, 0.29) is 23.3 Å². The SMILES string of the molecule is Cc1ccc(CNC(=O)C2CCN(CC(=O)NC(C)(C)C)CC2)c(Cl)c1. The quantitative estimate of drug-likeness (QED) is 0.826. The van der Waals surface area contributed by atoms with E-state index in [4.69, 9.17) is 11.6 Å². The Bertz CT molecular complexity index is 647. The number of likely N-dealkylation sites (tertiary alicyclic amines) is 1. The van der Waals surface area contributed by atoms with E-state index >= 15 is 0 Å². The number of hydrogen-bond acceptors (Lipinski definition) is 3. The first-order valence-electron chi connectivity index (χ1n) is 9.20. The van der Waals surface area contributed by atoms with Gasteiger partial charge in [-0.25, -0.2) is 0 Å². The number of hydrogen-bond donors (Lipinski definition) is 2. The van der Waals surface area contributed by atoms with Gasteiger partial charge in [-0.2, -0.15) is 0 Å². The molecule has 0 saturated carbocycles. The molecule has 2 N–H and O–H groups in total. The molecule has 0 aliphatic carbocycles. The van der Waals surface area contributed by atoms with E-state index in [1.165, 1.54) is 0 Å². The predicted molar refractivity (Wildman–Crippen MR) is 105 cm³/mol. The Morgan fingerprint density at radius 3 is 2.46 bits per heavy atom. The van der Waals surface area contributed by atoms with Crippen molar-refractivity contribution in [3.63, 3.8) is 0 Å². The first-order chi connectivity index (χ1) is 12.1. The largest absolute Gasteiger partial charge is 0.352 e. The van der Waals surface area contributed by atoms with Crippen molar-refractivity contribution >= 4 is 23.4 Å². The minimum Gasteiger partial charge on any atom is -0.352 e. The summed E-state index contributed by atoms with van der Waals surface area (Å²) in [5.74, 6) is 0.107. The van der Waals surface area contributed by atoms with Gasteiger partial charge in [0.1, 0.15) is 0 Å². The molecule has 0 radical (unpaired) electrons. The highest BCUT2D eigenvalue weighted by Crippen LogP contribution is 2.20. The number of nitrogens with zero attached hydrogens (tertiary/aromatic N) is 1. The van der Waals surface area contributed by atoms with Gasteiger partial charge in [0.2, 0.25) is 11.8 Å². The Labute approximate surface area is 161 Å². The van der Waals surface area contributed by atoms with Gasteiger partial charge in [0.05, 0.1) is 6.54 Å². The van der Waals surface area contributed by atoms with Crippen LogP contribution in [0.15, 0.2) is 18.2 Å². The summed E-state index contributed by atoms with van der Waals surface area (Å²) in [5, 5.41) is 6.66. The van der Waals surface area contributed by atoms with Gasteiger partial charge >= 0.3 is 0 Å². The predicted octanol–water partition coefficient (Wildman–Crippen LogP) is 2.89. The van der Waals surface area contributed by atoms with Crippen LogP contribution in [0.5, 0.6) is 0 Å². The maximum Gasteiger partial charge on any atom is 0.234 e. The van der Waals surface area contributed by atoms with Crippen molar-refractivity contribution < 1.29 is 9.59 Å². The Balaban J connectivity index is 1.75. The average molecular weight is 380 g/mol. The summed E-state index contributed by atoms with van der Waals surface area (Å²) in [6.07, 6.45) is 1.55. The number of nitrogens with one attached hydrogen (secondary N) is 2. The van der Waals surface area contributed by atoms with Gasteiger partial charge in [0.15, 0.2) is 0 Å². The molecule has 0 unspecified atom stereocenters. The van der Waals surface area contributed by atoms with Crippen LogP contribution in [0.2, 0.25) is 5.02 Å². The van der Waals surface area contributed by atoms with Crippen LogP contribution in [0.3, 0.4) is 0 Å². The smallest absolute Gasteiger partial charge is 0.234 e. The lowest BCUT2D eigenvalue weighted by molar-refractivity contribution is -0.127. The van der Waals surface area contributed by atoms with Gasteiger partial charge in [0.25, 0.3) is 0 Å². The molecule has 1 heterocycles. The monoisotopic (exact) mass is 379 g/mol. The van der Waals surface area contributed by atoms with Gasteiger partial charge in [-0.3, -0.25) is 14.5 Å². The number of amides is 2. The summed E-state index contributed by atoms with van der Waals surface area (Å²) in [4.78, 5) is 26.5. The zero-order valence-corrected chi connectivity index (χ0v) is 16.9. The second-order valence-electron chi connectivity index (χ2n) is 8.16. The third-order valence-electron chi connectivity index (χ3n) is 4.50. The van der Waals surface area contributed by atoms with Crippen LogP contribution in [-0.2, 0) is 16.1 Å². The summed E-state index contributed by atoms with van der Waals surface area (Å²) in [6.45, 7) is 10.3. The van der Waals surface area contributed by atoms with Crippen LogP contribution in [0.1, 0.15) is 44.7 Å². The summed E-state index contributed by atoms with van der Waals surface area (Å²) < 4.78 is 0. The molecule has 1 aliphatic rings. The summed E-state index contributed by atoms with van der Waals surface area (Å²) in [5.41, 5.74) is 1.82. The van der Waals surface area contributed by atoms with Crippen molar-refractivity contribution in [3.05, 3.63) is 34.3 Å². The standard InChI is InChI=1S/C20H30ClN3O2/c1-14-5-6-16(17(21)11-14)12-22-19(26)15-7-9-24(10-8-15)13-18(25)23-20(2,3)4/h5-6,11,15H,7-10,12-13H2,1-4H3,(H,22,26)(H,23,25). The molecule has 1 fully saturated rings. The average Bonchev–Trinajstić information content (AvgIpc) is 2.52. The van der Waals surface area contributed by atoms with E-state index < -0.39 is 0 Å². The van der Waals surface area contributed by atoms with Gasteiger partial charge in [-0.05, 0) is 70.8 Å². The molecule has 144 valence electrons. The number of piperidine rings is 1. The fourth-order valence-electron chi connectivity index (χ4n) is 3.14. The zero-order chi connectivity index (χ0) is 19.3. The molecule has 26 heavy (non-hydrogen) atoms. The van der Waals surface area contributed by atoms with Crippen LogP contribution in [0.25, 0.3) is 0 Å². The number of carbonyl (C=O) groups excluding carboxylic acids is 2. The number of rotatable bonds is 5. The van der Waals surface area contributed by atoms with Crippen LogP contribution in [0.4, 0.5) is 0 Å². The fourth-order valence-corrected chi connectivity index (χ4v) is 3.44. The molecule has 1 saturated heterocycles. The molecule has 0 spiro atoms. The van der Waals surface area contributed by atoms with E-state index in [0.29, 0.717) is 18.1 Å². The number of benzene rings is 1. The molecule has 0 atom stereocenters. The van der Waals surface area contributed by atoms with Crippen molar-refractivity contribution in [2.75, 3.05) is 19.6 Å². The topological polar surface area (TPSA) is 61.4 Å². The molecule has 1 aromatic rings. The molecule has 0 bridgehead atoms. The minimum atomic E-state index is -0.216. The summed E-state index contributed by atoms with van der Waals surface area (Å²) in [6, 6.07) is 5.85.